The Morgan fingerprint density at radius 1 is 0.850 bits per heavy atom. The maximum Gasteiger partial charge on any atom is 0.127 e. The maximum absolute atomic E-state index is 14.0. The molecular formula is C32H29FN6O. The van der Waals surface area contributed by atoms with E-state index in [4.69, 9.17) is 0 Å². The van der Waals surface area contributed by atoms with E-state index in [0.29, 0.717) is 5.56 Å². The van der Waals surface area contributed by atoms with Crippen LogP contribution in [0, 0.1) is 11.7 Å². The van der Waals surface area contributed by atoms with Gasteiger partial charge in [0.2, 0.25) is 0 Å². The van der Waals surface area contributed by atoms with Crippen molar-refractivity contribution in [3.8, 4) is 39.4 Å². The van der Waals surface area contributed by atoms with Crippen molar-refractivity contribution >= 4 is 21.8 Å². The van der Waals surface area contributed by atoms with Gasteiger partial charge in [-0.1, -0.05) is 18.9 Å². The molecule has 0 amide bonds. The normalized spacial score (nSPS) is 14.0. The van der Waals surface area contributed by atoms with Gasteiger partial charge in [-0.05, 0) is 78.4 Å². The van der Waals surface area contributed by atoms with E-state index in [-0.39, 0.29) is 5.75 Å². The number of aromatic nitrogens is 5. The number of fused-ring (bicyclic) bond motifs is 2. The lowest BCUT2D eigenvalue weighted by Crippen LogP contribution is -2.20. The standard InChI is InChI=1S/C32H29FN6O/c33-24-8-22(9-25(40)11-24)28-17-36-18-31-26(28)12-30(37-31)32-27-10-21(5-6-29(27)38-39-32)23-7-20(15-35-16-23)14-34-13-19-3-1-2-4-19/h5-12,15-19,34,37,40H,1-4,13-14H2,(H,38,39). The monoisotopic (exact) mass is 532 g/mol. The molecule has 0 radical (unpaired) electrons. The van der Waals surface area contributed by atoms with Crippen molar-refractivity contribution in [2.75, 3.05) is 6.54 Å². The first-order chi connectivity index (χ1) is 19.6. The SMILES string of the molecule is Oc1cc(F)cc(-c2cncc3[nH]c(-c4n[nH]c5ccc(-c6cncc(CNCC7CCCC7)c6)cc45)cc23)c1. The summed E-state index contributed by atoms with van der Waals surface area (Å²) in [6, 6.07) is 14.5. The van der Waals surface area contributed by atoms with E-state index in [1.165, 1.54) is 43.4 Å². The Balaban J connectivity index is 1.21. The first kappa shape index (κ1) is 24.5. The third kappa shape index (κ3) is 4.71. The van der Waals surface area contributed by atoms with Crippen LogP contribution in [-0.2, 0) is 6.54 Å². The van der Waals surface area contributed by atoms with Gasteiger partial charge in [-0.3, -0.25) is 15.1 Å². The van der Waals surface area contributed by atoms with Crippen LogP contribution in [-0.4, -0.2) is 36.8 Å². The zero-order valence-electron chi connectivity index (χ0n) is 21.9. The molecular weight excluding hydrogens is 503 g/mol. The molecule has 0 aliphatic heterocycles. The molecule has 1 fully saturated rings. The number of hydrogen-bond donors (Lipinski definition) is 4. The number of aromatic hydroxyl groups is 1. The highest BCUT2D eigenvalue weighted by Crippen LogP contribution is 2.36. The van der Waals surface area contributed by atoms with Crippen molar-refractivity contribution in [1.29, 1.82) is 0 Å². The first-order valence-electron chi connectivity index (χ1n) is 13.7. The van der Waals surface area contributed by atoms with Crippen LogP contribution in [0.3, 0.4) is 0 Å². The molecule has 0 spiro atoms. The fourth-order valence-corrected chi connectivity index (χ4v) is 5.91. The minimum absolute atomic E-state index is 0.128. The lowest BCUT2D eigenvalue weighted by Gasteiger charge is -2.11. The number of nitrogens with zero attached hydrogens (tertiary/aromatic N) is 3. The van der Waals surface area contributed by atoms with E-state index in [0.717, 1.165) is 75.0 Å². The molecule has 6 aromatic rings. The molecule has 1 aliphatic rings. The minimum Gasteiger partial charge on any atom is -0.508 e. The number of rotatable bonds is 7. The third-order valence-corrected chi connectivity index (χ3v) is 7.92. The number of nitrogens with one attached hydrogen (secondary N) is 3. The fourth-order valence-electron chi connectivity index (χ4n) is 5.91. The fraction of sp³-hybridized carbons (Fsp3) is 0.219. The molecule has 0 atom stereocenters. The molecule has 7 nitrogen and oxygen atoms in total. The topological polar surface area (TPSA) is 103 Å². The first-order valence-corrected chi connectivity index (χ1v) is 13.7. The summed E-state index contributed by atoms with van der Waals surface area (Å²) in [6.07, 6.45) is 12.6. The molecule has 40 heavy (non-hydrogen) atoms. The van der Waals surface area contributed by atoms with Crippen LogP contribution >= 0.6 is 0 Å². The third-order valence-electron chi connectivity index (χ3n) is 7.92. The van der Waals surface area contributed by atoms with E-state index in [9.17, 15) is 9.50 Å². The van der Waals surface area contributed by atoms with Gasteiger partial charge < -0.3 is 15.4 Å². The summed E-state index contributed by atoms with van der Waals surface area (Å²) in [5.41, 5.74) is 7.89. The van der Waals surface area contributed by atoms with Crippen molar-refractivity contribution in [2.45, 2.75) is 32.2 Å². The largest absolute Gasteiger partial charge is 0.508 e. The molecule has 4 aromatic heterocycles. The molecule has 0 bridgehead atoms. The summed E-state index contributed by atoms with van der Waals surface area (Å²) in [5, 5.41) is 23.2. The summed E-state index contributed by atoms with van der Waals surface area (Å²) in [6.45, 7) is 1.88. The Labute approximate surface area is 230 Å². The Morgan fingerprint density at radius 2 is 1.73 bits per heavy atom. The van der Waals surface area contributed by atoms with Crippen molar-refractivity contribution in [2.24, 2.45) is 5.92 Å². The van der Waals surface area contributed by atoms with Gasteiger partial charge in [0.1, 0.15) is 17.3 Å². The molecule has 0 saturated heterocycles. The Kier molecular flexibility index (Phi) is 6.24. The van der Waals surface area contributed by atoms with Crippen molar-refractivity contribution in [3.05, 3.63) is 84.7 Å². The smallest absolute Gasteiger partial charge is 0.127 e. The summed E-state index contributed by atoms with van der Waals surface area (Å²) >= 11 is 0. The van der Waals surface area contributed by atoms with Gasteiger partial charge in [0, 0.05) is 53.1 Å². The second kappa shape index (κ2) is 10.2. The van der Waals surface area contributed by atoms with Gasteiger partial charge in [-0.15, -0.1) is 0 Å². The van der Waals surface area contributed by atoms with Crippen LogP contribution in [0.5, 0.6) is 5.75 Å². The molecule has 4 heterocycles. The van der Waals surface area contributed by atoms with E-state index in [2.05, 4.69) is 48.7 Å². The van der Waals surface area contributed by atoms with Crippen molar-refractivity contribution in [1.82, 2.24) is 30.5 Å². The highest BCUT2D eigenvalue weighted by molar-refractivity contribution is 6.01. The molecule has 200 valence electrons. The summed E-state index contributed by atoms with van der Waals surface area (Å²) in [7, 11) is 0. The van der Waals surface area contributed by atoms with Gasteiger partial charge in [-0.2, -0.15) is 5.10 Å². The lowest BCUT2D eigenvalue weighted by atomic mass is 10.0. The van der Waals surface area contributed by atoms with E-state index in [1.54, 1.807) is 12.4 Å². The molecule has 7 rings (SSSR count). The number of phenolic OH excluding ortho intramolecular Hbond substituents is 1. The average Bonchev–Trinajstić information content (AvgIpc) is 3.71. The van der Waals surface area contributed by atoms with Crippen LogP contribution in [0.1, 0.15) is 31.2 Å². The van der Waals surface area contributed by atoms with E-state index < -0.39 is 5.82 Å². The average molecular weight is 533 g/mol. The second-order valence-electron chi connectivity index (χ2n) is 10.7. The predicted octanol–water partition coefficient (Wildman–Crippen LogP) is 6.96. The number of hydrogen-bond acceptors (Lipinski definition) is 5. The minimum atomic E-state index is -0.503. The zero-order chi connectivity index (χ0) is 27.1. The van der Waals surface area contributed by atoms with Crippen LogP contribution in [0.2, 0.25) is 0 Å². The molecule has 1 aliphatic carbocycles. The van der Waals surface area contributed by atoms with E-state index >= 15 is 0 Å². The summed E-state index contributed by atoms with van der Waals surface area (Å²) in [4.78, 5) is 12.3. The van der Waals surface area contributed by atoms with Gasteiger partial charge in [0.05, 0.1) is 22.9 Å². The second-order valence-corrected chi connectivity index (χ2v) is 10.7. The highest BCUT2D eigenvalue weighted by atomic mass is 19.1. The quantitative estimate of drug-likeness (QED) is 0.178. The molecule has 1 saturated carbocycles. The van der Waals surface area contributed by atoms with E-state index in [1.807, 2.05) is 24.5 Å². The molecule has 8 heteroatoms. The van der Waals surface area contributed by atoms with Crippen LogP contribution in [0.25, 0.3) is 55.4 Å². The lowest BCUT2D eigenvalue weighted by molar-refractivity contribution is 0.469. The number of H-pyrrole nitrogens is 2. The summed E-state index contributed by atoms with van der Waals surface area (Å²) < 4.78 is 14.0. The molecule has 2 aromatic carbocycles. The molecule has 0 unspecified atom stereocenters. The maximum atomic E-state index is 14.0. The Morgan fingerprint density at radius 3 is 2.60 bits per heavy atom. The zero-order valence-corrected chi connectivity index (χ0v) is 21.9. The highest BCUT2D eigenvalue weighted by Gasteiger charge is 2.16. The van der Waals surface area contributed by atoms with Gasteiger partial charge in [0.15, 0.2) is 0 Å². The number of halogens is 1. The number of phenols is 1. The number of benzene rings is 2. The van der Waals surface area contributed by atoms with Crippen LogP contribution in [0.15, 0.2) is 73.3 Å². The number of aromatic amines is 2. The van der Waals surface area contributed by atoms with Gasteiger partial charge in [0.25, 0.3) is 0 Å². The predicted molar refractivity (Wildman–Crippen MR) is 155 cm³/mol. The summed E-state index contributed by atoms with van der Waals surface area (Å²) in [5.74, 6) is 0.170. The van der Waals surface area contributed by atoms with Crippen molar-refractivity contribution < 1.29 is 9.50 Å². The van der Waals surface area contributed by atoms with Crippen LogP contribution in [0.4, 0.5) is 4.39 Å². The van der Waals surface area contributed by atoms with Gasteiger partial charge in [-0.25, -0.2) is 4.39 Å². The Hall–Kier alpha value is -4.56. The Bertz CT molecular complexity index is 1810. The van der Waals surface area contributed by atoms with Crippen molar-refractivity contribution in [3.63, 3.8) is 0 Å². The van der Waals surface area contributed by atoms with Crippen LogP contribution < -0.4 is 5.32 Å². The van der Waals surface area contributed by atoms with Gasteiger partial charge >= 0.3 is 0 Å². The number of pyridine rings is 2. The molecule has 4 N–H and O–H groups in total.